The number of hydrogen-bond donors (Lipinski definition) is 0. The standard InChI is InChI=1S/C19H16ClN5OS3/c1-11-15(28-17(22-11)13-4-5-14(20)27-13)18(26)24-7-9-25(10-8-24)19-23-12-3-2-6-21-16(12)29-19/h2-6H,7-10H2,1H3. The first kappa shape index (κ1) is 18.9. The molecule has 1 aliphatic rings. The van der Waals surface area contributed by atoms with E-state index in [1.807, 2.05) is 36.1 Å². The van der Waals surface area contributed by atoms with Gasteiger partial charge in [0.2, 0.25) is 0 Å². The molecule has 0 bridgehead atoms. The van der Waals surface area contributed by atoms with Gasteiger partial charge >= 0.3 is 0 Å². The number of anilines is 1. The summed E-state index contributed by atoms with van der Waals surface area (Å²) in [6, 6.07) is 7.69. The molecule has 0 atom stereocenters. The second-order valence-corrected chi connectivity index (χ2v) is 10.3. The molecule has 5 rings (SSSR count). The summed E-state index contributed by atoms with van der Waals surface area (Å²) >= 11 is 10.6. The third-order valence-electron chi connectivity index (χ3n) is 4.77. The maximum Gasteiger partial charge on any atom is 0.265 e. The monoisotopic (exact) mass is 461 g/mol. The number of carbonyl (C=O) groups excluding carboxylic acids is 1. The molecule has 1 saturated heterocycles. The highest BCUT2D eigenvalue weighted by Gasteiger charge is 2.27. The molecule has 0 spiro atoms. The molecule has 6 nitrogen and oxygen atoms in total. The van der Waals surface area contributed by atoms with Crippen LogP contribution in [0, 0.1) is 6.92 Å². The van der Waals surface area contributed by atoms with Crippen LogP contribution >= 0.6 is 45.6 Å². The van der Waals surface area contributed by atoms with Crippen molar-refractivity contribution in [2.24, 2.45) is 0 Å². The number of pyridine rings is 1. The van der Waals surface area contributed by atoms with Crippen LogP contribution in [0.4, 0.5) is 5.13 Å². The third-order valence-corrected chi connectivity index (χ3v) is 8.35. The van der Waals surface area contributed by atoms with Crippen molar-refractivity contribution in [3.8, 4) is 9.88 Å². The lowest BCUT2D eigenvalue weighted by molar-refractivity contribution is 0.0750. The van der Waals surface area contributed by atoms with E-state index in [0.29, 0.717) is 18.0 Å². The highest BCUT2D eigenvalue weighted by molar-refractivity contribution is 7.24. The largest absolute Gasteiger partial charge is 0.344 e. The number of thiazole rings is 2. The molecule has 1 aliphatic heterocycles. The molecule has 4 aromatic rings. The van der Waals surface area contributed by atoms with Crippen molar-refractivity contribution in [3.63, 3.8) is 0 Å². The number of halogens is 1. The van der Waals surface area contributed by atoms with E-state index in [-0.39, 0.29) is 5.91 Å². The van der Waals surface area contributed by atoms with E-state index in [2.05, 4.69) is 19.9 Å². The minimum atomic E-state index is 0.0551. The molecule has 5 heterocycles. The summed E-state index contributed by atoms with van der Waals surface area (Å²) in [5.74, 6) is 0.0551. The van der Waals surface area contributed by atoms with Gasteiger partial charge in [0.05, 0.1) is 14.9 Å². The van der Waals surface area contributed by atoms with Gasteiger partial charge in [0.25, 0.3) is 5.91 Å². The number of rotatable bonds is 3. The molecule has 0 radical (unpaired) electrons. The Morgan fingerprint density at radius 1 is 1.07 bits per heavy atom. The van der Waals surface area contributed by atoms with E-state index in [1.54, 1.807) is 17.5 Å². The van der Waals surface area contributed by atoms with Crippen molar-refractivity contribution in [1.29, 1.82) is 0 Å². The van der Waals surface area contributed by atoms with Crippen molar-refractivity contribution < 1.29 is 4.79 Å². The zero-order valence-electron chi connectivity index (χ0n) is 15.5. The lowest BCUT2D eigenvalue weighted by Gasteiger charge is -2.34. The summed E-state index contributed by atoms with van der Waals surface area (Å²) in [6.07, 6.45) is 1.79. The van der Waals surface area contributed by atoms with Crippen LogP contribution in [0.2, 0.25) is 4.34 Å². The minimum Gasteiger partial charge on any atom is -0.344 e. The quantitative estimate of drug-likeness (QED) is 0.438. The summed E-state index contributed by atoms with van der Waals surface area (Å²) in [5.41, 5.74) is 1.70. The van der Waals surface area contributed by atoms with Crippen molar-refractivity contribution in [3.05, 3.63) is 45.4 Å². The van der Waals surface area contributed by atoms with E-state index in [0.717, 1.165) is 48.5 Å². The summed E-state index contributed by atoms with van der Waals surface area (Å²) in [7, 11) is 0. The fourth-order valence-electron chi connectivity index (χ4n) is 3.27. The number of amides is 1. The Balaban J connectivity index is 1.29. The van der Waals surface area contributed by atoms with Gasteiger partial charge in [-0.1, -0.05) is 22.9 Å². The average molecular weight is 462 g/mol. The van der Waals surface area contributed by atoms with Crippen LogP contribution in [-0.2, 0) is 0 Å². The molecule has 4 aromatic heterocycles. The highest BCUT2D eigenvalue weighted by atomic mass is 35.5. The lowest BCUT2D eigenvalue weighted by Crippen LogP contribution is -2.48. The number of piperazine rings is 1. The third kappa shape index (κ3) is 3.63. The number of thiophene rings is 1. The van der Waals surface area contributed by atoms with E-state index < -0.39 is 0 Å². The number of nitrogens with zero attached hydrogens (tertiary/aromatic N) is 5. The Labute approximate surface area is 184 Å². The molecule has 29 heavy (non-hydrogen) atoms. The predicted molar refractivity (Wildman–Crippen MR) is 121 cm³/mol. The summed E-state index contributed by atoms with van der Waals surface area (Å²) in [6.45, 7) is 4.75. The maximum atomic E-state index is 13.1. The number of carbonyl (C=O) groups is 1. The van der Waals surface area contributed by atoms with Crippen LogP contribution in [0.25, 0.3) is 20.2 Å². The van der Waals surface area contributed by atoms with Crippen molar-refractivity contribution in [1.82, 2.24) is 19.9 Å². The Morgan fingerprint density at radius 3 is 2.62 bits per heavy atom. The van der Waals surface area contributed by atoms with E-state index in [4.69, 9.17) is 11.6 Å². The Hall–Kier alpha value is -2.07. The van der Waals surface area contributed by atoms with Crippen LogP contribution in [0.5, 0.6) is 0 Å². The van der Waals surface area contributed by atoms with Gasteiger partial charge in [-0.25, -0.2) is 15.0 Å². The predicted octanol–water partition coefficient (Wildman–Crippen LogP) is 4.80. The van der Waals surface area contributed by atoms with E-state index in [1.165, 1.54) is 22.7 Å². The number of aryl methyl sites for hydroxylation is 1. The van der Waals surface area contributed by atoms with Gasteiger partial charge < -0.3 is 9.80 Å². The highest BCUT2D eigenvalue weighted by Crippen LogP contribution is 2.35. The molecule has 148 valence electrons. The molecule has 0 N–H and O–H groups in total. The van der Waals surface area contributed by atoms with Crippen molar-refractivity contribution >= 4 is 67.0 Å². The minimum absolute atomic E-state index is 0.0551. The smallest absolute Gasteiger partial charge is 0.265 e. The van der Waals surface area contributed by atoms with E-state index >= 15 is 0 Å². The zero-order chi connectivity index (χ0) is 20.0. The van der Waals surface area contributed by atoms with Crippen LogP contribution in [0.3, 0.4) is 0 Å². The number of fused-ring (bicyclic) bond motifs is 1. The first-order chi connectivity index (χ1) is 14.1. The van der Waals surface area contributed by atoms with Crippen LogP contribution in [-0.4, -0.2) is 51.9 Å². The van der Waals surface area contributed by atoms with E-state index in [9.17, 15) is 4.79 Å². The van der Waals surface area contributed by atoms with Crippen LogP contribution < -0.4 is 4.90 Å². The first-order valence-electron chi connectivity index (χ1n) is 9.07. The van der Waals surface area contributed by atoms with Crippen molar-refractivity contribution in [2.45, 2.75) is 6.92 Å². The van der Waals surface area contributed by atoms with Crippen LogP contribution in [0.15, 0.2) is 30.5 Å². The first-order valence-corrected chi connectivity index (χ1v) is 11.9. The second kappa shape index (κ2) is 7.64. The Kier molecular flexibility index (Phi) is 4.99. The topological polar surface area (TPSA) is 62.2 Å². The molecule has 0 unspecified atom stereocenters. The molecule has 1 amide bonds. The molecule has 0 aromatic carbocycles. The second-order valence-electron chi connectivity index (χ2n) is 6.64. The van der Waals surface area contributed by atoms with Gasteiger partial charge in [-0.3, -0.25) is 4.79 Å². The number of aromatic nitrogens is 3. The Bertz CT molecular complexity index is 1160. The van der Waals surface area contributed by atoms with Gasteiger partial charge in [-0.15, -0.1) is 22.7 Å². The molecular weight excluding hydrogens is 446 g/mol. The summed E-state index contributed by atoms with van der Waals surface area (Å²) < 4.78 is 0.724. The normalized spacial score (nSPS) is 14.7. The van der Waals surface area contributed by atoms with Crippen molar-refractivity contribution in [2.75, 3.05) is 31.1 Å². The fourth-order valence-corrected chi connectivity index (χ4v) is 6.36. The molecular formula is C19H16ClN5OS3. The molecule has 0 saturated carbocycles. The average Bonchev–Trinajstić information content (AvgIpc) is 3.45. The maximum absolute atomic E-state index is 13.1. The van der Waals surface area contributed by atoms with Crippen LogP contribution in [0.1, 0.15) is 15.4 Å². The zero-order valence-corrected chi connectivity index (χ0v) is 18.7. The van der Waals surface area contributed by atoms with Gasteiger partial charge in [-0.2, -0.15) is 0 Å². The SMILES string of the molecule is Cc1nc(-c2ccc(Cl)s2)sc1C(=O)N1CCN(c2nc3cccnc3s2)CC1. The lowest BCUT2D eigenvalue weighted by atomic mass is 10.3. The van der Waals surface area contributed by atoms with Gasteiger partial charge in [-0.05, 0) is 31.2 Å². The number of hydrogen-bond acceptors (Lipinski definition) is 8. The Morgan fingerprint density at radius 2 is 1.90 bits per heavy atom. The molecule has 10 heteroatoms. The van der Waals surface area contributed by atoms with Gasteiger partial charge in [0.15, 0.2) is 5.13 Å². The summed E-state index contributed by atoms with van der Waals surface area (Å²) in [5, 5.41) is 1.82. The van der Waals surface area contributed by atoms with Gasteiger partial charge in [0, 0.05) is 32.4 Å². The summed E-state index contributed by atoms with van der Waals surface area (Å²) in [4.78, 5) is 33.5. The molecule has 0 aliphatic carbocycles. The van der Waals surface area contributed by atoms with Gasteiger partial charge in [0.1, 0.15) is 20.2 Å². The molecule has 1 fully saturated rings. The fraction of sp³-hybridized carbons (Fsp3) is 0.263.